The van der Waals surface area contributed by atoms with Gasteiger partial charge < -0.3 is 15.4 Å². The van der Waals surface area contributed by atoms with Crippen molar-refractivity contribution in [3.8, 4) is 0 Å². The fraction of sp³-hybridized carbons (Fsp3) is 0.250. The quantitative estimate of drug-likeness (QED) is 0.586. The number of esters is 1. The summed E-state index contributed by atoms with van der Waals surface area (Å²) in [6, 6.07) is 13.3. The molecule has 2 amide bonds. The van der Waals surface area contributed by atoms with Crippen molar-refractivity contribution in [1.82, 2.24) is 5.32 Å². The summed E-state index contributed by atoms with van der Waals surface area (Å²) in [6.07, 6.45) is 0. The van der Waals surface area contributed by atoms with Crippen LogP contribution < -0.4 is 10.6 Å². The first-order valence-corrected chi connectivity index (χ1v) is 8.64. The van der Waals surface area contributed by atoms with Gasteiger partial charge in [-0.25, -0.2) is 4.79 Å². The highest BCUT2D eigenvalue weighted by Gasteiger charge is 2.35. The van der Waals surface area contributed by atoms with Gasteiger partial charge in [0, 0.05) is 17.3 Å². The molecule has 0 atom stereocenters. The molecule has 0 heterocycles. The second-order valence-electron chi connectivity index (χ2n) is 6.46. The van der Waals surface area contributed by atoms with Crippen LogP contribution in [0.25, 0.3) is 0 Å². The Kier molecular flexibility index (Phi) is 6.58. The molecule has 7 heteroatoms. The Balaban J connectivity index is 1.97. The maximum Gasteiger partial charge on any atom is 0.337 e. The van der Waals surface area contributed by atoms with E-state index in [2.05, 4.69) is 15.4 Å². The summed E-state index contributed by atoms with van der Waals surface area (Å²) in [6.45, 7) is 3.38. The van der Waals surface area contributed by atoms with Crippen LogP contribution in [0.5, 0.6) is 0 Å². The summed E-state index contributed by atoms with van der Waals surface area (Å²) in [4.78, 5) is 36.4. The van der Waals surface area contributed by atoms with Gasteiger partial charge in [-0.2, -0.15) is 0 Å². The van der Waals surface area contributed by atoms with Crippen molar-refractivity contribution in [2.24, 2.45) is 5.41 Å². The number of nitrogens with one attached hydrogen (secondary N) is 2. The van der Waals surface area contributed by atoms with Crippen molar-refractivity contribution in [2.45, 2.75) is 20.4 Å². The Hall–Kier alpha value is -2.86. The average Bonchev–Trinajstić information content (AvgIpc) is 2.67. The van der Waals surface area contributed by atoms with E-state index in [4.69, 9.17) is 11.6 Å². The van der Waals surface area contributed by atoms with E-state index in [-0.39, 0.29) is 0 Å². The monoisotopic (exact) mass is 388 g/mol. The Labute approximate surface area is 162 Å². The van der Waals surface area contributed by atoms with Crippen LogP contribution in [0, 0.1) is 5.41 Å². The van der Waals surface area contributed by atoms with Gasteiger partial charge in [0.2, 0.25) is 11.8 Å². The molecule has 0 unspecified atom stereocenters. The second kappa shape index (κ2) is 8.68. The van der Waals surface area contributed by atoms with Crippen molar-refractivity contribution in [1.29, 1.82) is 0 Å². The molecule has 2 N–H and O–H groups in total. The number of hydrogen-bond donors (Lipinski definition) is 2. The number of rotatable bonds is 6. The van der Waals surface area contributed by atoms with E-state index >= 15 is 0 Å². The Morgan fingerprint density at radius 1 is 0.963 bits per heavy atom. The number of ether oxygens (including phenoxy) is 1. The maximum absolute atomic E-state index is 12.5. The number of methoxy groups -OCH3 is 1. The highest BCUT2D eigenvalue weighted by molar-refractivity contribution is 6.30. The molecular formula is C20H21ClN2O4. The molecule has 0 radical (unpaired) electrons. The van der Waals surface area contributed by atoms with Crippen molar-refractivity contribution in [2.75, 3.05) is 12.4 Å². The van der Waals surface area contributed by atoms with Gasteiger partial charge in [-0.3, -0.25) is 9.59 Å². The lowest BCUT2D eigenvalue weighted by molar-refractivity contribution is -0.138. The third-order valence-electron chi connectivity index (χ3n) is 4.07. The molecule has 0 aliphatic rings. The van der Waals surface area contributed by atoms with Gasteiger partial charge >= 0.3 is 5.97 Å². The molecule has 2 rings (SSSR count). The first-order valence-electron chi connectivity index (χ1n) is 8.26. The van der Waals surface area contributed by atoms with Crippen molar-refractivity contribution >= 4 is 35.1 Å². The van der Waals surface area contributed by atoms with Crippen LogP contribution >= 0.6 is 11.6 Å². The van der Waals surface area contributed by atoms with Crippen molar-refractivity contribution in [3.63, 3.8) is 0 Å². The lowest BCUT2D eigenvalue weighted by Gasteiger charge is -2.23. The smallest absolute Gasteiger partial charge is 0.337 e. The number of anilines is 1. The van der Waals surface area contributed by atoms with E-state index in [0.717, 1.165) is 5.56 Å². The summed E-state index contributed by atoms with van der Waals surface area (Å²) in [5.41, 5.74) is 0.442. The molecule has 0 bridgehead atoms. The van der Waals surface area contributed by atoms with Gasteiger partial charge in [0.25, 0.3) is 0 Å². The van der Waals surface area contributed by atoms with Gasteiger partial charge in [0.05, 0.1) is 12.7 Å². The van der Waals surface area contributed by atoms with Crippen LogP contribution in [0.4, 0.5) is 5.69 Å². The first-order chi connectivity index (χ1) is 12.7. The predicted octanol–water partition coefficient (Wildman–Crippen LogP) is 3.41. The number of benzene rings is 2. The minimum atomic E-state index is -1.28. The molecule has 27 heavy (non-hydrogen) atoms. The summed E-state index contributed by atoms with van der Waals surface area (Å²) in [5, 5.41) is 6.05. The number of hydrogen-bond acceptors (Lipinski definition) is 4. The fourth-order valence-corrected chi connectivity index (χ4v) is 2.33. The summed E-state index contributed by atoms with van der Waals surface area (Å²) in [5.74, 6) is -1.32. The lowest BCUT2D eigenvalue weighted by atomic mass is 9.90. The maximum atomic E-state index is 12.5. The van der Waals surface area contributed by atoms with Crippen LogP contribution in [0.1, 0.15) is 29.8 Å². The van der Waals surface area contributed by atoms with E-state index in [0.29, 0.717) is 22.8 Å². The molecule has 0 saturated heterocycles. The van der Waals surface area contributed by atoms with E-state index in [1.807, 2.05) is 0 Å². The molecule has 0 aliphatic heterocycles. The standard InChI is InChI=1S/C20H21ClN2O4/c1-20(2,18(25)22-12-13-4-8-15(21)9-5-13)19(26)23-16-10-6-14(7-11-16)17(24)27-3/h4-11H,12H2,1-3H3,(H,22,25)(H,23,26). The number of carbonyl (C=O) groups is 3. The number of carbonyl (C=O) groups excluding carboxylic acids is 3. The molecule has 0 aliphatic carbocycles. The average molecular weight is 389 g/mol. The van der Waals surface area contributed by atoms with Gasteiger partial charge in [-0.15, -0.1) is 0 Å². The topological polar surface area (TPSA) is 84.5 Å². The highest BCUT2D eigenvalue weighted by Crippen LogP contribution is 2.20. The van der Waals surface area contributed by atoms with Crippen molar-refractivity contribution < 1.29 is 19.1 Å². The zero-order valence-electron chi connectivity index (χ0n) is 15.3. The van der Waals surface area contributed by atoms with Gasteiger partial charge in [-0.1, -0.05) is 23.7 Å². The largest absolute Gasteiger partial charge is 0.465 e. The predicted molar refractivity (Wildman–Crippen MR) is 103 cm³/mol. The highest BCUT2D eigenvalue weighted by atomic mass is 35.5. The van der Waals surface area contributed by atoms with E-state index in [1.165, 1.54) is 19.2 Å². The minimum absolute atomic E-state index is 0.292. The third-order valence-corrected chi connectivity index (χ3v) is 4.32. The molecule has 142 valence electrons. The molecule has 0 aromatic heterocycles. The molecule has 0 spiro atoms. The molecule has 0 saturated carbocycles. The first kappa shape index (κ1) is 20.5. The van der Waals surface area contributed by atoms with Crippen molar-refractivity contribution in [3.05, 3.63) is 64.7 Å². The fourth-order valence-electron chi connectivity index (χ4n) is 2.20. The van der Waals surface area contributed by atoms with Crippen LogP contribution in [0.2, 0.25) is 5.02 Å². The van der Waals surface area contributed by atoms with E-state index in [1.54, 1.807) is 50.2 Å². The second-order valence-corrected chi connectivity index (χ2v) is 6.89. The SMILES string of the molecule is COC(=O)c1ccc(NC(=O)C(C)(C)C(=O)NCc2ccc(Cl)cc2)cc1. The van der Waals surface area contributed by atoms with Gasteiger partial charge in [0.15, 0.2) is 0 Å². The van der Waals surface area contributed by atoms with Crippen LogP contribution in [-0.2, 0) is 20.9 Å². The Morgan fingerprint density at radius 2 is 1.56 bits per heavy atom. The number of amides is 2. The third kappa shape index (κ3) is 5.31. The lowest BCUT2D eigenvalue weighted by Crippen LogP contribution is -2.44. The van der Waals surface area contributed by atoms with E-state index < -0.39 is 23.2 Å². The Morgan fingerprint density at radius 3 is 2.11 bits per heavy atom. The Bertz CT molecular complexity index is 830. The summed E-state index contributed by atoms with van der Waals surface area (Å²) >= 11 is 5.83. The molecule has 0 fully saturated rings. The summed E-state index contributed by atoms with van der Waals surface area (Å²) < 4.78 is 4.63. The van der Waals surface area contributed by atoms with Gasteiger partial charge in [0.1, 0.15) is 5.41 Å². The van der Waals surface area contributed by atoms with Crippen LogP contribution in [0.15, 0.2) is 48.5 Å². The minimum Gasteiger partial charge on any atom is -0.465 e. The van der Waals surface area contributed by atoms with Crippen LogP contribution in [-0.4, -0.2) is 24.9 Å². The normalized spacial score (nSPS) is 10.8. The molecule has 2 aromatic rings. The molecular weight excluding hydrogens is 368 g/mol. The zero-order valence-corrected chi connectivity index (χ0v) is 16.1. The zero-order chi connectivity index (χ0) is 20.0. The van der Waals surface area contributed by atoms with Crippen LogP contribution in [0.3, 0.4) is 0 Å². The molecule has 6 nitrogen and oxygen atoms in total. The molecule has 2 aromatic carbocycles. The van der Waals surface area contributed by atoms with E-state index in [9.17, 15) is 14.4 Å². The summed E-state index contributed by atoms with van der Waals surface area (Å²) in [7, 11) is 1.29. The number of halogens is 1. The van der Waals surface area contributed by atoms with Gasteiger partial charge in [-0.05, 0) is 55.8 Å².